The van der Waals surface area contributed by atoms with Crippen LogP contribution in [0.1, 0.15) is 0 Å². The van der Waals surface area contributed by atoms with Crippen LogP contribution in [0.5, 0.6) is 0 Å². The van der Waals surface area contributed by atoms with E-state index in [-0.39, 0.29) is 0 Å². The summed E-state index contributed by atoms with van der Waals surface area (Å²) in [5.74, 6) is 0. The fourth-order valence-corrected chi connectivity index (χ4v) is 1.02. The number of carbonyl (C=O) groups is 1. The van der Waals surface area contributed by atoms with Crippen LogP contribution in [0.15, 0.2) is 24.5 Å². The Bertz CT molecular complexity index is 434. The first-order valence-electron chi connectivity index (χ1n) is 3.37. The molecule has 0 fully saturated rings. The number of pyridine rings is 1. The molecule has 0 unspecified atom stereocenters. The number of hydrogen-bond donors (Lipinski definition) is 1. The van der Waals surface area contributed by atoms with Gasteiger partial charge < -0.3 is 5.73 Å². The summed E-state index contributed by atoms with van der Waals surface area (Å²) in [6.45, 7) is 0. The molecule has 0 aromatic carbocycles. The summed E-state index contributed by atoms with van der Waals surface area (Å²) in [6.07, 6.45) is 3.14. The van der Waals surface area contributed by atoms with Crippen LogP contribution in [-0.4, -0.2) is 20.8 Å². The van der Waals surface area contributed by atoms with Crippen molar-refractivity contribution in [3.8, 4) is 0 Å². The SMILES string of the molecule is NC(=O)n1ncc2cccnc21. The lowest BCUT2D eigenvalue weighted by molar-refractivity contribution is 0.248. The Balaban J connectivity index is 2.79. The minimum atomic E-state index is -0.622. The zero-order valence-electron chi connectivity index (χ0n) is 6.14. The van der Waals surface area contributed by atoms with Crippen LogP contribution in [0, 0.1) is 0 Å². The number of primary amides is 1. The molecule has 0 saturated heterocycles. The number of hydrogen-bond acceptors (Lipinski definition) is 3. The summed E-state index contributed by atoms with van der Waals surface area (Å²) in [4.78, 5) is 14.7. The topological polar surface area (TPSA) is 73.8 Å². The van der Waals surface area contributed by atoms with Gasteiger partial charge in [0.1, 0.15) is 0 Å². The van der Waals surface area contributed by atoms with Crippen molar-refractivity contribution in [2.24, 2.45) is 5.73 Å². The smallest absolute Gasteiger partial charge is 0.341 e. The maximum absolute atomic E-state index is 10.8. The lowest BCUT2D eigenvalue weighted by Crippen LogP contribution is -2.20. The average Bonchev–Trinajstić information content (AvgIpc) is 2.47. The normalized spacial score (nSPS) is 10.3. The van der Waals surface area contributed by atoms with Crippen molar-refractivity contribution in [2.45, 2.75) is 0 Å². The summed E-state index contributed by atoms with van der Waals surface area (Å²) < 4.78 is 1.06. The first-order valence-corrected chi connectivity index (χ1v) is 3.37. The van der Waals surface area contributed by atoms with Gasteiger partial charge in [-0.15, -0.1) is 0 Å². The lowest BCUT2D eigenvalue weighted by atomic mass is 10.4. The highest BCUT2D eigenvalue weighted by molar-refractivity contribution is 5.86. The summed E-state index contributed by atoms with van der Waals surface area (Å²) >= 11 is 0. The van der Waals surface area contributed by atoms with E-state index in [0.29, 0.717) is 5.65 Å². The molecule has 12 heavy (non-hydrogen) atoms. The summed E-state index contributed by atoms with van der Waals surface area (Å²) in [5.41, 5.74) is 5.54. The molecule has 1 amide bonds. The van der Waals surface area contributed by atoms with E-state index in [1.54, 1.807) is 18.5 Å². The van der Waals surface area contributed by atoms with Gasteiger partial charge in [-0.25, -0.2) is 9.78 Å². The van der Waals surface area contributed by atoms with Crippen molar-refractivity contribution in [3.63, 3.8) is 0 Å². The van der Waals surface area contributed by atoms with E-state index in [0.717, 1.165) is 10.1 Å². The summed E-state index contributed by atoms with van der Waals surface area (Å²) in [6, 6.07) is 2.97. The Kier molecular flexibility index (Phi) is 1.30. The molecule has 2 rings (SSSR count). The van der Waals surface area contributed by atoms with Crippen LogP contribution >= 0.6 is 0 Å². The van der Waals surface area contributed by atoms with E-state index in [4.69, 9.17) is 5.73 Å². The molecule has 2 N–H and O–H groups in total. The van der Waals surface area contributed by atoms with Crippen molar-refractivity contribution >= 4 is 17.1 Å². The van der Waals surface area contributed by atoms with Crippen molar-refractivity contribution in [1.82, 2.24) is 14.8 Å². The molecule has 0 saturated carbocycles. The van der Waals surface area contributed by atoms with Gasteiger partial charge in [-0.2, -0.15) is 9.78 Å². The van der Waals surface area contributed by atoms with Gasteiger partial charge in [-0.05, 0) is 12.1 Å². The van der Waals surface area contributed by atoms with Crippen LogP contribution in [-0.2, 0) is 0 Å². The lowest BCUT2D eigenvalue weighted by Gasteiger charge is -1.93. The third-order valence-corrected chi connectivity index (χ3v) is 1.54. The fraction of sp³-hybridized carbons (Fsp3) is 0. The quantitative estimate of drug-likeness (QED) is 0.607. The first-order chi connectivity index (χ1) is 5.79. The van der Waals surface area contributed by atoms with Crippen LogP contribution in [0.3, 0.4) is 0 Å². The highest BCUT2D eigenvalue weighted by Gasteiger charge is 2.05. The molecule has 2 aromatic heterocycles. The monoisotopic (exact) mass is 162 g/mol. The number of nitrogens with zero attached hydrogens (tertiary/aromatic N) is 3. The van der Waals surface area contributed by atoms with Gasteiger partial charge in [-0.1, -0.05) is 0 Å². The third kappa shape index (κ3) is 0.833. The molecule has 0 aliphatic heterocycles. The Labute approximate surface area is 67.8 Å². The first kappa shape index (κ1) is 6.78. The maximum Gasteiger partial charge on any atom is 0.341 e. The van der Waals surface area contributed by atoms with Gasteiger partial charge in [0.15, 0.2) is 5.65 Å². The Morgan fingerprint density at radius 1 is 1.58 bits per heavy atom. The van der Waals surface area contributed by atoms with Gasteiger partial charge in [-0.3, -0.25) is 0 Å². The molecular weight excluding hydrogens is 156 g/mol. The highest BCUT2D eigenvalue weighted by atomic mass is 16.2. The predicted molar refractivity (Wildman–Crippen MR) is 42.5 cm³/mol. The second-order valence-electron chi connectivity index (χ2n) is 2.31. The molecule has 0 radical (unpaired) electrons. The van der Waals surface area contributed by atoms with Gasteiger partial charge in [0.05, 0.1) is 6.20 Å². The van der Waals surface area contributed by atoms with Crippen LogP contribution < -0.4 is 5.73 Å². The Morgan fingerprint density at radius 3 is 3.17 bits per heavy atom. The van der Waals surface area contributed by atoms with E-state index in [9.17, 15) is 4.79 Å². The second kappa shape index (κ2) is 2.30. The van der Waals surface area contributed by atoms with Crippen LogP contribution in [0.4, 0.5) is 4.79 Å². The number of carbonyl (C=O) groups excluding carboxylic acids is 1. The Morgan fingerprint density at radius 2 is 2.42 bits per heavy atom. The molecule has 0 aliphatic carbocycles. The summed E-state index contributed by atoms with van der Waals surface area (Å²) in [5, 5.41) is 4.58. The van der Waals surface area contributed by atoms with Crippen molar-refractivity contribution in [3.05, 3.63) is 24.5 Å². The van der Waals surface area contributed by atoms with Gasteiger partial charge in [0.25, 0.3) is 0 Å². The third-order valence-electron chi connectivity index (χ3n) is 1.54. The molecule has 0 bridgehead atoms. The molecule has 2 aromatic rings. The predicted octanol–water partition coefficient (Wildman–Crippen LogP) is 0.358. The average molecular weight is 162 g/mol. The number of rotatable bonds is 0. The van der Waals surface area contributed by atoms with Gasteiger partial charge in [0, 0.05) is 11.6 Å². The second-order valence-corrected chi connectivity index (χ2v) is 2.31. The molecular formula is C7H6N4O. The minimum absolute atomic E-state index is 0.491. The standard InChI is InChI=1S/C7H6N4O/c8-7(12)11-6-5(4-10-11)2-1-3-9-6/h1-4H,(H2,8,12). The van der Waals surface area contributed by atoms with Crippen molar-refractivity contribution < 1.29 is 4.79 Å². The fourth-order valence-electron chi connectivity index (χ4n) is 1.02. The molecule has 2 heterocycles. The maximum atomic E-state index is 10.8. The van der Waals surface area contributed by atoms with E-state index in [1.807, 2.05) is 6.07 Å². The van der Waals surface area contributed by atoms with Crippen LogP contribution in [0.2, 0.25) is 0 Å². The van der Waals surface area contributed by atoms with E-state index in [1.165, 1.54) is 0 Å². The Hall–Kier alpha value is -1.91. The van der Waals surface area contributed by atoms with E-state index >= 15 is 0 Å². The van der Waals surface area contributed by atoms with Crippen molar-refractivity contribution in [2.75, 3.05) is 0 Å². The number of aromatic nitrogens is 3. The van der Waals surface area contributed by atoms with Crippen molar-refractivity contribution in [1.29, 1.82) is 0 Å². The van der Waals surface area contributed by atoms with E-state index in [2.05, 4.69) is 10.1 Å². The number of nitrogens with two attached hydrogens (primary N) is 1. The highest BCUT2D eigenvalue weighted by Crippen LogP contribution is 2.07. The molecule has 5 nitrogen and oxygen atoms in total. The van der Waals surface area contributed by atoms with Gasteiger partial charge >= 0.3 is 6.03 Å². The van der Waals surface area contributed by atoms with E-state index < -0.39 is 6.03 Å². The molecule has 0 aliphatic rings. The summed E-state index contributed by atoms with van der Waals surface area (Å²) in [7, 11) is 0. The molecule has 0 atom stereocenters. The van der Waals surface area contributed by atoms with Crippen LogP contribution in [0.25, 0.3) is 11.0 Å². The van der Waals surface area contributed by atoms with Gasteiger partial charge in [0.2, 0.25) is 0 Å². The molecule has 5 heteroatoms. The number of amides is 1. The number of fused-ring (bicyclic) bond motifs is 1. The zero-order valence-corrected chi connectivity index (χ0v) is 6.14. The largest absolute Gasteiger partial charge is 0.350 e. The minimum Gasteiger partial charge on any atom is -0.350 e. The zero-order chi connectivity index (χ0) is 8.55. The molecule has 0 spiro atoms. The molecule has 60 valence electrons.